The molecule has 1 amide bonds. The number of carbonyl (C=O) groups excluding carboxylic acids is 1. The zero-order valence-electron chi connectivity index (χ0n) is 11.1. The molecule has 0 radical (unpaired) electrons. The quantitative estimate of drug-likeness (QED) is 0.869. The van der Waals surface area contributed by atoms with Crippen LogP contribution in [-0.2, 0) is 4.79 Å². The Balaban J connectivity index is 3.24. The van der Waals surface area contributed by atoms with Gasteiger partial charge in [0.15, 0.2) is 0 Å². The lowest BCUT2D eigenvalue weighted by atomic mass is 10.0. The van der Waals surface area contributed by atoms with Gasteiger partial charge in [0, 0.05) is 11.1 Å². The Hall–Kier alpha value is -2.11. The number of primary amides is 1. The third-order valence-electron chi connectivity index (χ3n) is 2.63. The fourth-order valence-corrected chi connectivity index (χ4v) is 1.70. The van der Waals surface area contributed by atoms with Gasteiger partial charge in [-0.25, -0.2) is 4.39 Å². The van der Waals surface area contributed by atoms with Crippen molar-refractivity contribution in [2.75, 3.05) is 11.4 Å². The lowest BCUT2D eigenvalue weighted by molar-refractivity contribution is -0.135. The van der Waals surface area contributed by atoms with Gasteiger partial charge >= 0.3 is 5.97 Å². The zero-order valence-corrected chi connectivity index (χ0v) is 11.1. The van der Waals surface area contributed by atoms with E-state index in [-0.39, 0.29) is 17.8 Å². The highest BCUT2D eigenvalue weighted by atomic mass is 19.1. The number of halogens is 1. The molecular formula is C13H17FN2O3. The van der Waals surface area contributed by atoms with Gasteiger partial charge in [-0.3, -0.25) is 9.59 Å². The fraction of sp³-hybridized carbons (Fsp3) is 0.385. The summed E-state index contributed by atoms with van der Waals surface area (Å²) in [6.45, 7) is 4.99. The molecule has 0 fully saturated rings. The molecule has 0 unspecified atom stereocenters. The van der Waals surface area contributed by atoms with Crippen molar-refractivity contribution in [3.05, 3.63) is 29.6 Å². The molecule has 0 heterocycles. The number of carboxylic acid groups (broad SMARTS) is 1. The predicted octanol–water partition coefficient (Wildman–Crippen LogP) is 1.61. The average molecular weight is 268 g/mol. The Kier molecular flexibility index (Phi) is 4.14. The van der Waals surface area contributed by atoms with Crippen molar-refractivity contribution < 1.29 is 19.1 Å². The highest BCUT2D eigenvalue weighted by molar-refractivity contribution is 5.93. The fourth-order valence-electron chi connectivity index (χ4n) is 1.70. The Morgan fingerprint density at radius 1 is 1.37 bits per heavy atom. The SMILES string of the molecule is CC(C)(C)N(CC(=O)O)c1ccc(C(N)=O)cc1F. The van der Waals surface area contributed by atoms with Gasteiger partial charge in [0.25, 0.3) is 0 Å². The molecule has 0 saturated carbocycles. The van der Waals surface area contributed by atoms with Crippen LogP contribution in [0.5, 0.6) is 0 Å². The maximum absolute atomic E-state index is 14.0. The molecule has 0 saturated heterocycles. The first-order valence-corrected chi connectivity index (χ1v) is 5.71. The van der Waals surface area contributed by atoms with Crippen molar-refractivity contribution in [2.24, 2.45) is 5.73 Å². The summed E-state index contributed by atoms with van der Waals surface area (Å²) in [4.78, 5) is 23.2. The Labute approximate surface area is 110 Å². The first-order chi connectivity index (χ1) is 8.62. The largest absolute Gasteiger partial charge is 0.480 e. The Morgan fingerprint density at radius 2 is 1.95 bits per heavy atom. The number of carbonyl (C=O) groups is 2. The molecule has 0 aliphatic heterocycles. The van der Waals surface area contributed by atoms with Crippen LogP contribution in [0.3, 0.4) is 0 Å². The molecule has 104 valence electrons. The van der Waals surface area contributed by atoms with Crippen LogP contribution in [0.4, 0.5) is 10.1 Å². The first-order valence-electron chi connectivity index (χ1n) is 5.71. The summed E-state index contributed by atoms with van der Waals surface area (Å²) >= 11 is 0. The summed E-state index contributed by atoms with van der Waals surface area (Å²) in [7, 11) is 0. The van der Waals surface area contributed by atoms with Gasteiger partial charge in [0.05, 0.1) is 5.69 Å². The van der Waals surface area contributed by atoms with Crippen LogP contribution < -0.4 is 10.6 Å². The van der Waals surface area contributed by atoms with Crippen LogP contribution in [0.1, 0.15) is 31.1 Å². The van der Waals surface area contributed by atoms with E-state index in [4.69, 9.17) is 10.8 Å². The van der Waals surface area contributed by atoms with E-state index in [0.717, 1.165) is 6.07 Å². The molecule has 5 nitrogen and oxygen atoms in total. The number of amides is 1. The van der Waals surface area contributed by atoms with Crippen molar-refractivity contribution >= 4 is 17.6 Å². The molecular weight excluding hydrogens is 251 g/mol. The van der Waals surface area contributed by atoms with Gasteiger partial charge in [0.1, 0.15) is 12.4 Å². The van der Waals surface area contributed by atoms with E-state index < -0.39 is 23.2 Å². The maximum atomic E-state index is 14.0. The summed E-state index contributed by atoms with van der Waals surface area (Å²) < 4.78 is 14.0. The third kappa shape index (κ3) is 3.67. The van der Waals surface area contributed by atoms with Gasteiger partial charge in [-0.1, -0.05) is 0 Å². The minimum absolute atomic E-state index is 0.0467. The second-order valence-corrected chi connectivity index (χ2v) is 5.18. The van der Waals surface area contributed by atoms with Crippen LogP contribution in [0.25, 0.3) is 0 Å². The predicted molar refractivity (Wildman–Crippen MR) is 69.7 cm³/mol. The molecule has 1 rings (SSSR count). The molecule has 6 heteroatoms. The number of hydrogen-bond acceptors (Lipinski definition) is 3. The molecule has 0 spiro atoms. The van der Waals surface area contributed by atoms with Crippen molar-refractivity contribution in [3.8, 4) is 0 Å². The lowest BCUT2D eigenvalue weighted by Gasteiger charge is -2.36. The Bertz CT molecular complexity index is 509. The van der Waals surface area contributed by atoms with Crippen molar-refractivity contribution in [1.82, 2.24) is 0 Å². The van der Waals surface area contributed by atoms with Crippen LogP contribution in [0.15, 0.2) is 18.2 Å². The van der Waals surface area contributed by atoms with E-state index in [9.17, 15) is 14.0 Å². The van der Waals surface area contributed by atoms with Crippen LogP contribution in [-0.4, -0.2) is 29.1 Å². The van der Waals surface area contributed by atoms with E-state index in [2.05, 4.69) is 0 Å². The van der Waals surface area contributed by atoms with E-state index in [1.165, 1.54) is 17.0 Å². The number of hydrogen-bond donors (Lipinski definition) is 2. The summed E-state index contributed by atoms with van der Waals surface area (Å²) in [5.74, 6) is -2.47. The molecule has 0 atom stereocenters. The zero-order chi connectivity index (χ0) is 14.8. The van der Waals surface area contributed by atoms with Gasteiger partial charge in [-0.15, -0.1) is 0 Å². The number of aliphatic carboxylic acids is 1. The van der Waals surface area contributed by atoms with Crippen LogP contribution in [0.2, 0.25) is 0 Å². The number of nitrogens with two attached hydrogens (primary N) is 1. The molecule has 1 aromatic rings. The second-order valence-electron chi connectivity index (χ2n) is 5.18. The summed E-state index contributed by atoms with van der Waals surface area (Å²) in [5.41, 5.74) is 4.66. The first kappa shape index (κ1) is 14.9. The molecule has 0 aliphatic carbocycles. The molecule has 0 aliphatic rings. The number of benzene rings is 1. The van der Waals surface area contributed by atoms with Crippen LogP contribution >= 0.6 is 0 Å². The standard InChI is InChI=1S/C13H17FN2O3/c1-13(2,3)16(7-11(17)18)10-5-4-8(12(15)19)6-9(10)14/h4-6H,7H2,1-3H3,(H2,15,19)(H,17,18). The molecule has 1 aromatic carbocycles. The summed E-state index contributed by atoms with van der Waals surface area (Å²) in [6.07, 6.45) is 0. The highest BCUT2D eigenvalue weighted by Gasteiger charge is 2.26. The monoisotopic (exact) mass is 268 g/mol. The smallest absolute Gasteiger partial charge is 0.323 e. The minimum Gasteiger partial charge on any atom is -0.480 e. The lowest BCUT2D eigenvalue weighted by Crippen LogP contribution is -2.45. The minimum atomic E-state index is -1.06. The van der Waals surface area contributed by atoms with E-state index in [1.54, 1.807) is 20.8 Å². The molecule has 0 bridgehead atoms. The second kappa shape index (κ2) is 5.26. The summed E-state index contributed by atoms with van der Waals surface area (Å²) in [5, 5.41) is 8.90. The van der Waals surface area contributed by atoms with Gasteiger partial charge in [0.2, 0.25) is 5.91 Å². The van der Waals surface area contributed by atoms with Gasteiger partial charge in [-0.2, -0.15) is 0 Å². The van der Waals surface area contributed by atoms with E-state index in [1.807, 2.05) is 0 Å². The maximum Gasteiger partial charge on any atom is 0.323 e. The Morgan fingerprint density at radius 3 is 2.32 bits per heavy atom. The van der Waals surface area contributed by atoms with Gasteiger partial charge < -0.3 is 15.7 Å². The normalized spacial score (nSPS) is 11.2. The van der Waals surface area contributed by atoms with Gasteiger partial charge in [-0.05, 0) is 39.0 Å². The number of nitrogens with zero attached hydrogens (tertiary/aromatic N) is 1. The highest BCUT2D eigenvalue weighted by Crippen LogP contribution is 2.27. The average Bonchev–Trinajstić information content (AvgIpc) is 2.24. The molecule has 3 N–H and O–H groups in total. The van der Waals surface area contributed by atoms with Crippen molar-refractivity contribution in [1.29, 1.82) is 0 Å². The number of carboxylic acids is 1. The number of rotatable bonds is 4. The number of anilines is 1. The topological polar surface area (TPSA) is 83.6 Å². The third-order valence-corrected chi connectivity index (χ3v) is 2.63. The van der Waals surface area contributed by atoms with Crippen molar-refractivity contribution in [2.45, 2.75) is 26.3 Å². The molecule has 19 heavy (non-hydrogen) atoms. The van der Waals surface area contributed by atoms with Crippen LogP contribution in [0, 0.1) is 5.82 Å². The van der Waals surface area contributed by atoms with E-state index in [0.29, 0.717) is 0 Å². The summed E-state index contributed by atoms with van der Waals surface area (Å²) in [6, 6.07) is 3.75. The van der Waals surface area contributed by atoms with E-state index >= 15 is 0 Å². The molecule has 0 aromatic heterocycles. The van der Waals surface area contributed by atoms with Crippen molar-refractivity contribution in [3.63, 3.8) is 0 Å².